The minimum atomic E-state index is 0.230. The Morgan fingerprint density at radius 2 is 2.50 bits per heavy atom. The third-order valence-corrected chi connectivity index (χ3v) is 1.59. The van der Waals surface area contributed by atoms with Crippen LogP contribution in [0.1, 0.15) is 11.6 Å². The van der Waals surface area contributed by atoms with Gasteiger partial charge in [0.2, 0.25) is 5.89 Å². The molecule has 2 aromatic heterocycles. The second-order valence-corrected chi connectivity index (χ2v) is 2.78. The third-order valence-electron chi connectivity index (χ3n) is 1.59. The van der Waals surface area contributed by atoms with Gasteiger partial charge >= 0.3 is 0 Å². The summed E-state index contributed by atoms with van der Waals surface area (Å²) in [7, 11) is 0. The number of nitrogens with one attached hydrogen (secondary N) is 2. The molecule has 14 heavy (non-hydrogen) atoms. The van der Waals surface area contributed by atoms with Crippen molar-refractivity contribution in [1.29, 1.82) is 0 Å². The van der Waals surface area contributed by atoms with Gasteiger partial charge < -0.3 is 15.6 Å². The van der Waals surface area contributed by atoms with Crippen molar-refractivity contribution in [2.24, 2.45) is 5.73 Å². The zero-order valence-corrected chi connectivity index (χ0v) is 7.61. The minimum Gasteiger partial charge on any atom is -0.336 e. The summed E-state index contributed by atoms with van der Waals surface area (Å²) in [6, 6.07) is 1.83. The Morgan fingerprint density at radius 1 is 1.64 bits per heavy atom. The summed E-state index contributed by atoms with van der Waals surface area (Å²) in [4.78, 5) is 3.97. The third kappa shape index (κ3) is 1.72. The number of aryl methyl sites for hydroxylation is 1. The molecule has 2 rings (SSSR count). The van der Waals surface area contributed by atoms with Gasteiger partial charge in [-0.1, -0.05) is 0 Å². The Bertz CT molecular complexity index is 419. The highest BCUT2D eigenvalue weighted by molar-refractivity contribution is 5.46. The summed E-state index contributed by atoms with van der Waals surface area (Å²) < 4.78 is 4.81. The van der Waals surface area contributed by atoms with E-state index in [1.165, 1.54) is 0 Å². The molecule has 7 nitrogen and oxygen atoms in total. The topological polar surface area (TPSA) is 106 Å². The van der Waals surface area contributed by atoms with Crippen LogP contribution in [0.25, 0.3) is 0 Å². The molecule has 0 aliphatic carbocycles. The number of aromatic nitrogens is 4. The molecule has 4 N–H and O–H groups in total. The van der Waals surface area contributed by atoms with Gasteiger partial charge in [-0.05, 0) is 12.1 Å². The van der Waals surface area contributed by atoms with Crippen molar-refractivity contribution in [3.63, 3.8) is 0 Å². The van der Waals surface area contributed by atoms with Crippen LogP contribution in [0.2, 0.25) is 0 Å². The maximum absolute atomic E-state index is 5.31. The molecule has 0 aliphatic rings. The normalized spacial score (nSPS) is 10.4. The van der Waals surface area contributed by atoms with E-state index in [9.17, 15) is 0 Å². The lowest BCUT2D eigenvalue weighted by Crippen LogP contribution is -1.97. The molecule has 0 radical (unpaired) electrons. The van der Waals surface area contributed by atoms with Crippen molar-refractivity contribution in [2.45, 2.75) is 13.5 Å². The van der Waals surface area contributed by atoms with Gasteiger partial charge in [-0.2, -0.15) is 10.1 Å². The fourth-order valence-electron chi connectivity index (χ4n) is 0.985. The maximum Gasteiger partial charge on any atom is 0.269 e. The monoisotopic (exact) mass is 194 g/mol. The van der Waals surface area contributed by atoms with Crippen molar-refractivity contribution in [1.82, 2.24) is 20.3 Å². The van der Waals surface area contributed by atoms with Crippen LogP contribution in [-0.2, 0) is 6.54 Å². The zero-order valence-electron chi connectivity index (χ0n) is 7.61. The fourth-order valence-corrected chi connectivity index (χ4v) is 0.985. The SMILES string of the molecule is Cc1cc(Nc2noc(CN)n2)n[nH]1. The Kier molecular flexibility index (Phi) is 2.15. The summed E-state index contributed by atoms with van der Waals surface area (Å²) in [5, 5.41) is 13.3. The second-order valence-electron chi connectivity index (χ2n) is 2.78. The molecule has 74 valence electrons. The summed E-state index contributed by atoms with van der Waals surface area (Å²) >= 11 is 0. The molecule has 0 spiro atoms. The smallest absolute Gasteiger partial charge is 0.269 e. The van der Waals surface area contributed by atoms with E-state index in [4.69, 9.17) is 10.3 Å². The van der Waals surface area contributed by atoms with E-state index in [1.54, 1.807) is 0 Å². The first-order valence-corrected chi connectivity index (χ1v) is 4.09. The van der Waals surface area contributed by atoms with E-state index in [0.717, 1.165) is 5.69 Å². The Morgan fingerprint density at radius 3 is 3.07 bits per heavy atom. The highest BCUT2D eigenvalue weighted by Crippen LogP contribution is 2.10. The van der Waals surface area contributed by atoms with Crippen LogP contribution in [0.4, 0.5) is 11.8 Å². The standard InChI is InChI=1S/C7H10N6O/c1-4-2-5(12-11-4)9-7-10-6(3-8)14-13-7/h2H,3,8H2,1H3,(H2,9,11,12,13). The zero-order chi connectivity index (χ0) is 9.97. The number of nitrogens with zero attached hydrogens (tertiary/aromatic N) is 3. The first-order chi connectivity index (χ1) is 6.78. The largest absolute Gasteiger partial charge is 0.336 e. The lowest BCUT2D eigenvalue weighted by molar-refractivity contribution is 0.381. The molecule has 0 fully saturated rings. The molecule has 0 unspecified atom stereocenters. The predicted molar refractivity (Wildman–Crippen MR) is 48.8 cm³/mol. The quantitative estimate of drug-likeness (QED) is 0.649. The van der Waals surface area contributed by atoms with E-state index < -0.39 is 0 Å². The summed E-state index contributed by atoms with van der Waals surface area (Å²) in [5.74, 6) is 1.39. The predicted octanol–water partition coefficient (Wildman–Crippen LogP) is 0.303. The molecule has 2 aromatic rings. The lowest BCUT2D eigenvalue weighted by Gasteiger charge is -1.91. The highest BCUT2D eigenvalue weighted by atomic mass is 16.5. The Labute approximate surface area is 79.7 Å². The summed E-state index contributed by atoms with van der Waals surface area (Å²) in [5.41, 5.74) is 6.27. The van der Waals surface area contributed by atoms with Crippen LogP contribution in [0.15, 0.2) is 10.6 Å². The lowest BCUT2D eigenvalue weighted by atomic mass is 10.5. The van der Waals surface area contributed by atoms with Crippen molar-refractivity contribution in [3.05, 3.63) is 17.7 Å². The number of H-pyrrole nitrogens is 1. The van der Waals surface area contributed by atoms with Crippen molar-refractivity contribution in [3.8, 4) is 0 Å². The van der Waals surface area contributed by atoms with Crippen LogP contribution >= 0.6 is 0 Å². The van der Waals surface area contributed by atoms with Gasteiger partial charge in [0.05, 0.1) is 6.54 Å². The van der Waals surface area contributed by atoms with Crippen LogP contribution in [0.3, 0.4) is 0 Å². The van der Waals surface area contributed by atoms with E-state index in [2.05, 4.69) is 25.7 Å². The number of aromatic amines is 1. The number of nitrogens with two attached hydrogens (primary N) is 1. The van der Waals surface area contributed by atoms with E-state index in [1.807, 2.05) is 13.0 Å². The van der Waals surface area contributed by atoms with Gasteiger partial charge in [0.1, 0.15) is 0 Å². The van der Waals surface area contributed by atoms with Crippen molar-refractivity contribution >= 4 is 11.8 Å². The summed E-state index contributed by atoms with van der Waals surface area (Å²) in [6.07, 6.45) is 0. The van der Waals surface area contributed by atoms with Gasteiger partial charge in [-0.25, -0.2) is 0 Å². The molecule has 0 bridgehead atoms. The average molecular weight is 194 g/mol. The van der Waals surface area contributed by atoms with Gasteiger partial charge in [-0.3, -0.25) is 5.10 Å². The molecular weight excluding hydrogens is 184 g/mol. The molecule has 0 aliphatic heterocycles. The molecule has 0 saturated carbocycles. The number of rotatable bonds is 3. The molecule has 0 atom stereocenters. The summed E-state index contributed by atoms with van der Waals surface area (Å²) in [6.45, 7) is 2.13. The Balaban J connectivity index is 2.10. The van der Waals surface area contributed by atoms with Crippen LogP contribution in [-0.4, -0.2) is 20.3 Å². The highest BCUT2D eigenvalue weighted by Gasteiger charge is 2.05. The van der Waals surface area contributed by atoms with Crippen molar-refractivity contribution < 1.29 is 4.52 Å². The van der Waals surface area contributed by atoms with Gasteiger partial charge in [0.25, 0.3) is 5.95 Å². The molecule has 0 aromatic carbocycles. The molecule has 7 heteroatoms. The van der Waals surface area contributed by atoms with Crippen LogP contribution in [0, 0.1) is 6.92 Å². The molecule has 0 saturated heterocycles. The number of hydrogen-bond donors (Lipinski definition) is 3. The maximum atomic E-state index is 5.31. The Hall–Kier alpha value is -1.89. The van der Waals surface area contributed by atoms with Gasteiger partial charge in [-0.15, -0.1) is 0 Å². The van der Waals surface area contributed by atoms with Gasteiger partial charge in [0.15, 0.2) is 5.82 Å². The van der Waals surface area contributed by atoms with E-state index in [-0.39, 0.29) is 6.54 Å². The number of anilines is 2. The molecular formula is C7H10N6O. The van der Waals surface area contributed by atoms with Gasteiger partial charge in [0, 0.05) is 11.8 Å². The minimum absolute atomic E-state index is 0.230. The first kappa shape index (κ1) is 8.70. The first-order valence-electron chi connectivity index (χ1n) is 4.09. The fraction of sp³-hybridized carbons (Fsp3) is 0.286. The van der Waals surface area contributed by atoms with E-state index >= 15 is 0 Å². The van der Waals surface area contributed by atoms with Crippen molar-refractivity contribution in [2.75, 3.05) is 5.32 Å². The molecule has 0 amide bonds. The van der Waals surface area contributed by atoms with E-state index in [0.29, 0.717) is 17.7 Å². The second kappa shape index (κ2) is 3.46. The van der Waals surface area contributed by atoms with Crippen LogP contribution in [0.5, 0.6) is 0 Å². The van der Waals surface area contributed by atoms with Crippen LogP contribution < -0.4 is 11.1 Å². The number of hydrogen-bond acceptors (Lipinski definition) is 6. The molecule has 2 heterocycles. The average Bonchev–Trinajstić information content (AvgIpc) is 2.76.